The van der Waals surface area contributed by atoms with Gasteiger partial charge >= 0.3 is 23.6 Å². The van der Waals surface area contributed by atoms with E-state index in [9.17, 15) is 32.8 Å². The molecule has 0 saturated carbocycles. The van der Waals surface area contributed by atoms with Crippen LogP contribution in [0.5, 0.6) is 0 Å². The molecule has 4 aromatic rings. The molecule has 4 aliphatic heterocycles. The van der Waals surface area contributed by atoms with Crippen LogP contribution in [-0.4, -0.2) is 94.4 Å². The van der Waals surface area contributed by atoms with Crippen molar-refractivity contribution >= 4 is 53.1 Å². The van der Waals surface area contributed by atoms with Crippen LogP contribution in [0.1, 0.15) is 103 Å². The Balaban J connectivity index is 0.000000247. The molecular formula is C52H59F2N7O7. The quantitative estimate of drug-likeness (QED) is 0.106. The average Bonchev–Trinajstić information content (AvgIpc) is 4.09. The van der Waals surface area contributed by atoms with Crippen LogP contribution >= 0.6 is 0 Å². The lowest BCUT2D eigenvalue weighted by Gasteiger charge is -2.26. The summed E-state index contributed by atoms with van der Waals surface area (Å²) in [5.74, 6) is -1.57. The first-order chi connectivity index (χ1) is 31.2. The monoisotopic (exact) mass is 931 g/mol. The van der Waals surface area contributed by atoms with Gasteiger partial charge < -0.3 is 29.8 Å². The number of hydrogen-bond acceptors (Lipinski definition) is 9. The van der Waals surface area contributed by atoms with E-state index in [1.807, 2.05) is 24.3 Å². The number of ether oxygens (including phenoxy) is 2. The van der Waals surface area contributed by atoms with Crippen molar-refractivity contribution in [2.24, 2.45) is 15.4 Å². The predicted octanol–water partition coefficient (Wildman–Crippen LogP) is 9.63. The van der Waals surface area contributed by atoms with E-state index in [2.05, 4.69) is 25.5 Å². The third kappa shape index (κ3) is 11.4. The first kappa shape index (κ1) is 51.7. The number of rotatable bonds is 7. The Morgan fingerprint density at radius 1 is 0.662 bits per heavy atom. The van der Waals surface area contributed by atoms with Crippen LogP contribution in [0.3, 0.4) is 0 Å². The molecule has 2 N–H and O–H groups in total. The van der Waals surface area contributed by atoms with E-state index in [0.29, 0.717) is 30.8 Å². The number of halogens is 2. The number of nitrogens with zero attached hydrogens (tertiary/aromatic N) is 5. The molecular weight excluding hydrogens is 873 g/mol. The van der Waals surface area contributed by atoms with Gasteiger partial charge in [0.15, 0.2) is 0 Å². The fraction of sp³-hybridized carbons (Fsp3) is 0.385. The molecule has 0 aromatic heterocycles. The molecule has 0 spiro atoms. The van der Waals surface area contributed by atoms with Crippen molar-refractivity contribution < 1.29 is 42.2 Å². The second-order valence-corrected chi connectivity index (χ2v) is 18.7. The fourth-order valence-corrected chi connectivity index (χ4v) is 7.99. The second kappa shape index (κ2) is 20.3. The summed E-state index contributed by atoms with van der Waals surface area (Å²) in [4.78, 5) is 78.5. The molecule has 16 heteroatoms. The zero-order valence-corrected chi connectivity index (χ0v) is 37.7. The Morgan fingerprint density at radius 3 is 1.51 bits per heavy atom. The minimum atomic E-state index is -1.37. The molecule has 2 fully saturated rings. The van der Waals surface area contributed by atoms with Crippen LogP contribution in [0.15, 0.2) is 94.9 Å². The summed E-state index contributed by atoms with van der Waals surface area (Å²) >= 11 is 0. The summed E-state index contributed by atoms with van der Waals surface area (Å²) < 4.78 is 37.4. The molecule has 2 saturated heterocycles. The van der Waals surface area contributed by atoms with E-state index in [-0.39, 0.29) is 65.5 Å². The molecule has 2 unspecified atom stereocenters. The van der Waals surface area contributed by atoms with Crippen molar-refractivity contribution in [1.82, 2.24) is 9.80 Å². The number of fused-ring (bicyclic) bond motifs is 2. The van der Waals surface area contributed by atoms with E-state index in [0.717, 1.165) is 44.8 Å². The lowest BCUT2D eigenvalue weighted by Crippen LogP contribution is -2.44. The van der Waals surface area contributed by atoms with E-state index < -0.39 is 46.2 Å². The van der Waals surface area contributed by atoms with E-state index in [1.165, 1.54) is 34.1 Å². The smallest absolute Gasteiger partial charge is 0.410 e. The van der Waals surface area contributed by atoms with Gasteiger partial charge in [-0.3, -0.25) is 29.3 Å². The Kier molecular flexibility index (Phi) is 15.4. The number of carbonyl (C=O) groups excluding carboxylic acids is 5. The lowest BCUT2D eigenvalue weighted by molar-refractivity contribution is -0.131. The highest BCUT2D eigenvalue weighted by Gasteiger charge is 2.53. The summed E-state index contributed by atoms with van der Waals surface area (Å²) in [7, 11) is 0. The van der Waals surface area contributed by atoms with E-state index >= 15 is 0 Å². The molecule has 0 radical (unpaired) electrons. The van der Waals surface area contributed by atoms with Crippen molar-refractivity contribution in [1.29, 1.82) is 0 Å². The summed E-state index contributed by atoms with van der Waals surface area (Å²) in [5.41, 5.74) is 3.76. The number of carbonyl (C=O) groups is 5. The van der Waals surface area contributed by atoms with Crippen molar-refractivity contribution in [3.05, 3.63) is 141 Å². The number of nitrogens with one attached hydrogen (secondary N) is 2. The van der Waals surface area contributed by atoms with Gasteiger partial charge in [-0.2, -0.15) is 0 Å². The normalized spacial score (nSPS) is 19.0. The second-order valence-electron chi connectivity index (χ2n) is 18.7. The maximum atomic E-state index is 13.3. The van der Waals surface area contributed by atoms with Crippen molar-refractivity contribution in [3.8, 4) is 0 Å². The molecule has 14 nitrogen and oxygen atoms in total. The topological polar surface area (TPSA) is 163 Å². The predicted molar refractivity (Wildman–Crippen MR) is 258 cm³/mol. The number of benzene rings is 4. The molecule has 0 bridgehead atoms. The van der Waals surface area contributed by atoms with Gasteiger partial charge in [-0.1, -0.05) is 27.0 Å². The third-order valence-corrected chi connectivity index (χ3v) is 11.5. The largest absolute Gasteiger partial charge is 0.444 e. The van der Waals surface area contributed by atoms with Crippen LogP contribution in [0.2, 0.25) is 0 Å². The number of aliphatic imine (C=N–C) groups is 2. The average molecular weight is 932 g/mol. The standard InChI is InChI=1S/C25H25FN4O3.C25H26FN3O4.2CH4/c1-24(2,3)33-23(32)30-12-11-25(15-30,27-4)22(31)29-19-10-7-17-14-28-21(20(17)13-19)16-5-8-18(26)9-6-16;1-24(2,3)33-23(32)29-11-10-25(14-29,15-30)22(31)28-19-9-6-17-13-27-21(20(17)12-19)16-4-7-18(26)8-5-16;;/h5-10,13H,11-12,14-15H2,1-3H3,(H,29,31);4-9,12,15H,10-11,13-14H2,1-3H3,(H,28,31);2*1H4. The van der Waals surface area contributed by atoms with Gasteiger partial charge in [-0.25, -0.2) is 24.9 Å². The molecule has 358 valence electrons. The highest BCUT2D eigenvalue weighted by molar-refractivity contribution is 6.17. The molecule has 4 heterocycles. The highest BCUT2D eigenvalue weighted by Crippen LogP contribution is 2.34. The van der Waals surface area contributed by atoms with Gasteiger partial charge in [-0.15, -0.1) is 0 Å². The van der Waals surface area contributed by atoms with Crippen LogP contribution in [0.4, 0.5) is 29.7 Å². The number of hydrogen-bond donors (Lipinski definition) is 2. The summed E-state index contributed by atoms with van der Waals surface area (Å²) in [6, 6.07) is 23.1. The van der Waals surface area contributed by atoms with Crippen LogP contribution in [0.25, 0.3) is 4.85 Å². The third-order valence-electron chi connectivity index (χ3n) is 11.5. The zero-order valence-electron chi connectivity index (χ0n) is 37.7. The van der Waals surface area contributed by atoms with Crippen molar-refractivity contribution in [3.63, 3.8) is 0 Å². The molecule has 4 aliphatic rings. The first-order valence-electron chi connectivity index (χ1n) is 21.5. The zero-order chi connectivity index (χ0) is 47.6. The van der Waals surface area contributed by atoms with Gasteiger partial charge in [0.1, 0.15) is 41.1 Å². The summed E-state index contributed by atoms with van der Waals surface area (Å²) in [6.07, 6.45) is -0.00931. The van der Waals surface area contributed by atoms with Crippen LogP contribution in [0, 0.1) is 23.6 Å². The highest BCUT2D eigenvalue weighted by atomic mass is 19.1. The molecule has 8 rings (SSSR count). The number of anilines is 2. The Labute approximate surface area is 396 Å². The number of aldehydes is 1. The molecule has 68 heavy (non-hydrogen) atoms. The van der Waals surface area contributed by atoms with Crippen LogP contribution in [-0.2, 0) is 36.9 Å². The molecule has 4 amide bonds. The van der Waals surface area contributed by atoms with Crippen molar-refractivity contribution in [2.45, 2.75) is 99.1 Å². The Hall–Kier alpha value is -7.28. The molecule has 0 aliphatic carbocycles. The SMILES string of the molecule is C.C.CC(C)(C)OC(=O)N1CCC(C=O)(C(=O)Nc2ccc3c(c2)C(c2ccc(F)cc2)=NC3)C1.[C-]#[N+]C1(C(=O)Nc2ccc3c(c2)C(c2ccc(F)cc2)=NC3)CCN(C(=O)OC(C)(C)C)C1. The molecule has 4 aromatic carbocycles. The minimum Gasteiger partial charge on any atom is -0.444 e. The van der Waals surface area contributed by atoms with Crippen LogP contribution < -0.4 is 10.6 Å². The summed E-state index contributed by atoms with van der Waals surface area (Å²) in [6.45, 7) is 19.8. The van der Waals surface area contributed by atoms with Gasteiger partial charge in [0.2, 0.25) is 5.91 Å². The Bertz CT molecular complexity index is 2680. The van der Waals surface area contributed by atoms with Gasteiger partial charge in [0, 0.05) is 53.3 Å². The first-order valence-corrected chi connectivity index (χ1v) is 21.5. The Morgan fingerprint density at radius 2 is 1.09 bits per heavy atom. The van der Waals surface area contributed by atoms with E-state index in [4.69, 9.17) is 16.0 Å². The van der Waals surface area contributed by atoms with E-state index in [1.54, 1.807) is 77.9 Å². The number of amides is 4. The van der Waals surface area contributed by atoms with Crippen molar-refractivity contribution in [2.75, 3.05) is 36.8 Å². The van der Waals surface area contributed by atoms with Gasteiger partial charge in [0.25, 0.3) is 0 Å². The summed E-state index contributed by atoms with van der Waals surface area (Å²) in [5, 5.41) is 5.68. The number of likely N-dealkylation sites (tertiary alicyclic amines) is 2. The maximum Gasteiger partial charge on any atom is 0.410 e. The minimum absolute atomic E-state index is 0. The van der Waals surface area contributed by atoms with Gasteiger partial charge in [-0.05, 0) is 132 Å². The molecule has 2 atom stereocenters. The maximum absolute atomic E-state index is 13.3. The lowest BCUT2D eigenvalue weighted by atomic mass is 9.87. The fourth-order valence-electron chi connectivity index (χ4n) is 7.99. The van der Waals surface area contributed by atoms with Gasteiger partial charge in [0.05, 0.1) is 30.9 Å².